The number of hydrogen-bond donors (Lipinski definition) is 1. The summed E-state index contributed by atoms with van der Waals surface area (Å²) in [6, 6.07) is 1.12. The highest BCUT2D eigenvalue weighted by molar-refractivity contribution is 5.95. The van der Waals surface area contributed by atoms with Crippen LogP contribution in [0.15, 0.2) is 6.07 Å². The number of nitrogens with zero attached hydrogens (tertiary/aromatic N) is 3. The molecule has 0 aromatic carbocycles. The first-order valence-electron chi connectivity index (χ1n) is 6.65. The van der Waals surface area contributed by atoms with Crippen LogP contribution in [0.1, 0.15) is 47.8 Å². The molecule has 0 bridgehead atoms. The molecule has 1 N–H and O–H groups in total. The van der Waals surface area contributed by atoms with Gasteiger partial charge in [-0.1, -0.05) is 0 Å². The smallest absolute Gasteiger partial charge is 0.326 e. The third-order valence-corrected chi connectivity index (χ3v) is 3.93. The number of amides is 1. The van der Waals surface area contributed by atoms with Crippen LogP contribution in [0, 0.1) is 0 Å². The quantitative estimate of drug-likeness (QED) is 0.882. The van der Waals surface area contributed by atoms with E-state index in [1.807, 2.05) is 13.1 Å². The normalized spacial score (nSPS) is 22.8. The maximum Gasteiger partial charge on any atom is 0.326 e. The monoisotopic (exact) mass is 263 g/mol. The second-order valence-electron chi connectivity index (χ2n) is 5.35. The van der Waals surface area contributed by atoms with E-state index in [4.69, 9.17) is 5.11 Å². The molecule has 0 radical (unpaired) electrons. The van der Waals surface area contributed by atoms with Crippen molar-refractivity contribution in [2.45, 2.75) is 37.6 Å². The zero-order valence-corrected chi connectivity index (χ0v) is 10.9. The fourth-order valence-corrected chi connectivity index (χ4v) is 2.76. The summed E-state index contributed by atoms with van der Waals surface area (Å²) in [5.41, 5.74) is 1.45. The standard InChI is InChI=1S/C13H17N3O3/c1-15-11(8-4-5-8)7-9(14-15)12(17)16-6-2-3-10(16)13(18)19/h7-8,10H,2-6H2,1H3,(H,18,19). The van der Waals surface area contributed by atoms with Crippen molar-refractivity contribution in [3.63, 3.8) is 0 Å². The molecule has 6 heteroatoms. The first-order valence-corrected chi connectivity index (χ1v) is 6.65. The van der Waals surface area contributed by atoms with Gasteiger partial charge < -0.3 is 10.0 Å². The summed E-state index contributed by atoms with van der Waals surface area (Å²) in [6.07, 6.45) is 3.57. The van der Waals surface area contributed by atoms with E-state index in [2.05, 4.69) is 5.10 Å². The number of likely N-dealkylation sites (tertiary alicyclic amines) is 1. The van der Waals surface area contributed by atoms with E-state index in [9.17, 15) is 9.59 Å². The summed E-state index contributed by atoms with van der Waals surface area (Å²) in [7, 11) is 1.84. The van der Waals surface area contributed by atoms with Crippen molar-refractivity contribution in [2.75, 3.05) is 6.54 Å². The van der Waals surface area contributed by atoms with Gasteiger partial charge in [-0.05, 0) is 31.7 Å². The molecule has 1 saturated carbocycles. The minimum atomic E-state index is -0.927. The van der Waals surface area contributed by atoms with Crippen LogP contribution < -0.4 is 0 Å². The van der Waals surface area contributed by atoms with E-state index in [1.165, 1.54) is 4.90 Å². The molecule has 1 atom stereocenters. The Kier molecular flexibility index (Phi) is 2.80. The molecule has 2 heterocycles. The number of hydrogen-bond acceptors (Lipinski definition) is 3. The predicted molar refractivity (Wildman–Crippen MR) is 66.9 cm³/mol. The first-order chi connectivity index (χ1) is 9.08. The fraction of sp³-hybridized carbons (Fsp3) is 0.615. The molecule has 1 aromatic rings. The van der Waals surface area contributed by atoms with Crippen LogP contribution in [0.2, 0.25) is 0 Å². The van der Waals surface area contributed by atoms with Crippen LogP contribution >= 0.6 is 0 Å². The van der Waals surface area contributed by atoms with Crippen molar-refractivity contribution in [1.82, 2.24) is 14.7 Å². The topological polar surface area (TPSA) is 75.4 Å². The molecular formula is C13H17N3O3. The SMILES string of the molecule is Cn1nc(C(=O)N2CCCC2C(=O)O)cc1C1CC1. The number of carboxylic acid groups (broad SMARTS) is 1. The Labute approximate surface area is 111 Å². The second kappa shape index (κ2) is 4.36. The number of carbonyl (C=O) groups is 2. The minimum absolute atomic E-state index is 0.257. The van der Waals surface area contributed by atoms with Crippen LogP contribution in [0.3, 0.4) is 0 Å². The Morgan fingerprint density at radius 3 is 2.74 bits per heavy atom. The third kappa shape index (κ3) is 2.11. The second-order valence-corrected chi connectivity index (χ2v) is 5.35. The first kappa shape index (κ1) is 12.2. The number of carboxylic acids is 1. The highest BCUT2D eigenvalue weighted by Crippen LogP contribution is 2.40. The highest BCUT2D eigenvalue weighted by atomic mass is 16.4. The third-order valence-electron chi connectivity index (χ3n) is 3.93. The van der Waals surface area contributed by atoms with E-state index < -0.39 is 12.0 Å². The molecular weight excluding hydrogens is 246 g/mol. The Morgan fingerprint density at radius 2 is 2.11 bits per heavy atom. The molecule has 2 fully saturated rings. The van der Waals surface area contributed by atoms with Crippen LogP contribution in [-0.4, -0.2) is 44.3 Å². The van der Waals surface area contributed by atoms with Gasteiger partial charge >= 0.3 is 5.97 Å². The molecule has 2 aliphatic rings. The maximum absolute atomic E-state index is 12.4. The van der Waals surface area contributed by atoms with E-state index >= 15 is 0 Å². The van der Waals surface area contributed by atoms with Gasteiger partial charge in [0.05, 0.1) is 0 Å². The van der Waals surface area contributed by atoms with Gasteiger partial charge in [-0.2, -0.15) is 5.10 Å². The minimum Gasteiger partial charge on any atom is -0.480 e. The molecule has 1 aromatic heterocycles. The van der Waals surface area contributed by atoms with Crippen molar-refractivity contribution in [1.29, 1.82) is 0 Å². The highest BCUT2D eigenvalue weighted by Gasteiger charge is 2.36. The van der Waals surface area contributed by atoms with Gasteiger partial charge in [-0.15, -0.1) is 0 Å². The van der Waals surface area contributed by atoms with Crippen LogP contribution in [0.5, 0.6) is 0 Å². The molecule has 0 spiro atoms. The molecule has 3 rings (SSSR count). The summed E-state index contributed by atoms with van der Waals surface area (Å²) in [5, 5.41) is 13.4. The molecule has 102 valence electrons. The molecule has 1 aliphatic carbocycles. The predicted octanol–water partition coefficient (Wildman–Crippen LogP) is 0.987. The van der Waals surface area contributed by atoms with Gasteiger partial charge in [-0.25, -0.2) is 4.79 Å². The summed E-state index contributed by atoms with van der Waals surface area (Å²) in [4.78, 5) is 24.9. The lowest BCUT2D eigenvalue weighted by Gasteiger charge is -2.19. The Balaban J connectivity index is 1.83. The van der Waals surface area contributed by atoms with Gasteiger partial charge in [0.1, 0.15) is 6.04 Å². The number of rotatable bonds is 3. The summed E-state index contributed by atoms with van der Waals surface area (Å²) in [5.74, 6) is -0.663. The molecule has 6 nitrogen and oxygen atoms in total. The number of aryl methyl sites for hydroxylation is 1. The van der Waals surface area contributed by atoms with E-state index in [1.54, 1.807) is 4.68 Å². The van der Waals surface area contributed by atoms with Crippen molar-refractivity contribution >= 4 is 11.9 Å². The molecule has 1 saturated heterocycles. The van der Waals surface area contributed by atoms with Gasteiger partial charge in [0, 0.05) is 25.2 Å². The van der Waals surface area contributed by atoms with Crippen molar-refractivity contribution in [2.24, 2.45) is 7.05 Å². The number of aromatic nitrogens is 2. The number of carbonyl (C=O) groups excluding carboxylic acids is 1. The Bertz CT molecular complexity index is 533. The van der Waals surface area contributed by atoms with Gasteiger partial charge in [-0.3, -0.25) is 9.48 Å². The lowest BCUT2D eigenvalue weighted by molar-refractivity contribution is -0.141. The summed E-state index contributed by atoms with van der Waals surface area (Å²) in [6.45, 7) is 0.505. The van der Waals surface area contributed by atoms with Crippen molar-refractivity contribution < 1.29 is 14.7 Å². The lowest BCUT2D eigenvalue weighted by Crippen LogP contribution is -2.40. The molecule has 19 heavy (non-hydrogen) atoms. The van der Waals surface area contributed by atoms with E-state index in [0.717, 1.165) is 25.0 Å². The van der Waals surface area contributed by atoms with Crippen LogP contribution in [0.25, 0.3) is 0 Å². The van der Waals surface area contributed by atoms with Crippen molar-refractivity contribution in [3.8, 4) is 0 Å². The zero-order valence-electron chi connectivity index (χ0n) is 10.9. The van der Waals surface area contributed by atoms with Gasteiger partial charge in [0.25, 0.3) is 5.91 Å². The van der Waals surface area contributed by atoms with Gasteiger partial charge in [0.15, 0.2) is 5.69 Å². The summed E-state index contributed by atoms with van der Waals surface area (Å²) < 4.78 is 1.75. The molecule has 1 unspecified atom stereocenters. The van der Waals surface area contributed by atoms with Gasteiger partial charge in [0.2, 0.25) is 0 Å². The zero-order chi connectivity index (χ0) is 13.6. The average molecular weight is 263 g/mol. The Morgan fingerprint density at radius 1 is 1.37 bits per heavy atom. The average Bonchev–Trinajstić information content (AvgIpc) is 2.95. The van der Waals surface area contributed by atoms with Crippen LogP contribution in [-0.2, 0) is 11.8 Å². The maximum atomic E-state index is 12.4. The Hall–Kier alpha value is -1.85. The van der Waals surface area contributed by atoms with E-state index in [-0.39, 0.29) is 5.91 Å². The molecule has 1 amide bonds. The summed E-state index contributed by atoms with van der Waals surface area (Å²) >= 11 is 0. The van der Waals surface area contributed by atoms with Crippen LogP contribution in [0.4, 0.5) is 0 Å². The molecule has 1 aliphatic heterocycles. The fourth-order valence-electron chi connectivity index (χ4n) is 2.76. The largest absolute Gasteiger partial charge is 0.480 e. The number of aliphatic carboxylic acids is 1. The van der Waals surface area contributed by atoms with Crippen molar-refractivity contribution in [3.05, 3.63) is 17.5 Å². The van der Waals surface area contributed by atoms with E-state index in [0.29, 0.717) is 24.6 Å². The lowest BCUT2D eigenvalue weighted by atomic mass is 10.2.